The Balaban J connectivity index is 2.27. The SMILES string of the molecule is O=COCC[C@H](NC(=O)N[C@@H](CCCCCCC(=O)N1CCSCSCC1)C(=O)O)OC=O. The van der Waals surface area contributed by atoms with Gasteiger partial charge in [-0.05, 0) is 12.8 Å². The molecule has 188 valence electrons. The monoisotopic (exact) mass is 507 g/mol. The third-order valence-corrected chi connectivity index (χ3v) is 7.12. The highest BCUT2D eigenvalue weighted by atomic mass is 32.2. The van der Waals surface area contributed by atoms with Crippen LogP contribution in [0.5, 0.6) is 0 Å². The van der Waals surface area contributed by atoms with Crippen molar-refractivity contribution in [2.75, 3.05) is 36.3 Å². The van der Waals surface area contributed by atoms with Gasteiger partial charge in [0.25, 0.3) is 12.9 Å². The summed E-state index contributed by atoms with van der Waals surface area (Å²) in [5.74, 6) is 0.922. The van der Waals surface area contributed by atoms with E-state index in [1.165, 1.54) is 0 Å². The van der Waals surface area contributed by atoms with Crippen LogP contribution >= 0.6 is 23.5 Å². The number of thioether (sulfide) groups is 2. The van der Waals surface area contributed by atoms with Crippen molar-refractivity contribution in [3.8, 4) is 0 Å². The van der Waals surface area contributed by atoms with Gasteiger partial charge in [-0.25, -0.2) is 9.59 Å². The molecule has 3 amide bonds. The lowest BCUT2D eigenvalue weighted by atomic mass is 10.1. The first-order chi connectivity index (χ1) is 16.0. The van der Waals surface area contributed by atoms with Crippen LogP contribution < -0.4 is 10.6 Å². The fraction of sp³-hybridized carbons (Fsp3) is 0.750. The predicted molar refractivity (Wildman–Crippen MR) is 125 cm³/mol. The Hall–Kier alpha value is -2.15. The van der Waals surface area contributed by atoms with Gasteiger partial charge in [0.1, 0.15) is 6.04 Å². The van der Waals surface area contributed by atoms with Gasteiger partial charge in [0.05, 0.1) is 6.61 Å². The fourth-order valence-corrected chi connectivity index (χ4v) is 5.21. The maximum atomic E-state index is 12.4. The van der Waals surface area contributed by atoms with Crippen molar-refractivity contribution in [2.45, 2.75) is 57.2 Å². The first kappa shape index (κ1) is 28.9. The number of aliphatic carboxylic acids is 1. The van der Waals surface area contributed by atoms with E-state index in [0.717, 1.165) is 48.9 Å². The van der Waals surface area contributed by atoms with Gasteiger partial charge in [-0.3, -0.25) is 14.4 Å². The minimum absolute atomic E-state index is 0.0243. The summed E-state index contributed by atoms with van der Waals surface area (Å²) in [4.78, 5) is 58.5. The molecule has 33 heavy (non-hydrogen) atoms. The average molecular weight is 508 g/mol. The summed E-state index contributed by atoms with van der Waals surface area (Å²) in [5.41, 5.74) is 0. The Labute approximate surface area is 202 Å². The molecule has 1 saturated heterocycles. The number of carbonyl (C=O) groups is 5. The summed E-state index contributed by atoms with van der Waals surface area (Å²) in [6, 6.07) is -1.92. The van der Waals surface area contributed by atoms with Crippen molar-refractivity contribution in [2.24, 2.45) is 0 Å². The third kappa shape index (κ3) is 13.9. The lowest BCUT2D eigenvalue weighted by Crippen LogP contribution is -2.49. The Bertz CT molecular complexity index is 618. The molecule has 0 bridgehead atoms. The van der Waals surface area contributed by atoms with E-state index in [1.807, 2.05) is 28.4 Å². The van der Waals surface area contributed by atoms with Gasteiger partial charge >= 0.3 is 12.0 Å². The zero-order chi connectivity index (χ0) is 24.3. The first-order valence-corrected chi connectivity index (χ1v) is 13.2. The van der Waals surface area contributed by atoms with Crippen molar-refractivity contribution in [1.29, 1.82) is 0 Å². The number of nitrogens with one attached hydrogen (secondary N) is 2. The van der Waals surface area contributed by atoms with Crippen LogP contribution in [-0.2, 0) is 28.7 Å². The molecule has 0 aromatic carbocycles. The summed E-state index contributed by atoms with van der Waals surface area (Å²) >= 11 is 3.70. The van der Waals surface area contributed by atoms with E-state index in [4.69, 9.17) is 0 Å². The molecule has 0 spiro atoms. The van der Waals surface area contributed by atoms with Crippen LogP contribution in [0.1, 0.15) is 44.9 Å². The summed E-state index contributed by atoms with van der Waals surface area (Å²) in [7, 11) is 0. The number of hydrogen-bond acceptors (Lipinski definition) is 9. The number of nitrogens with zero attached hydrogens (tertiary/aromatic N) is 1. The number of carboxylic acid groups (broad SMARTS) is 1. The molecule has 3 N–H and O–H groups in total. The molecule has 0 aromatic heterocycles. The standard InChI is InChI=1S/C20H33N3O8S2/c24-13-30-10-7-17(31-14-25)22-20(29)21-16(19(27)28)5-3-1-2-4-6-18(26)23-8-11-32-15-33-12-9-23/h13-14,16-17H,1-12,15H2,(H,27,28)(H2,21,22,29)/t16-,17+/m0/s1. The van der Waals surface area contributed by atoms with E-state index in [-0.39, 0.29) is 38.3 Å². The number of unbranched alkanes of at least 4 members (excludes halogenated alkanes) is 3. The third-order valence-electron chi connectivity index (χ3n) is 4.85. The number of urea groups is 1. The Kier molecular flexibility index (Phi) is 16.0. The molecule has 0 unspecified atom stereocenters. The van der Waals surface area contributed by atoms with Crippen LogP contribution in [0.15, 0.2) is 0 Å². The van der Waals surface area contributed by atoms with E-state index in [0.29, 0.717) is 12.8 Å². The largest absolute Gasteiger partial charge is 0.480 e. The van der Waals surface area contributed by atoms with Gasteiger partial charge in [0.2, 0.25) is 5.91 Å². The molecular formula is C20H33N3O8S2. The summed E-state index contributed by atoms with van der Waals surface area (Å²) < 4.78 is 9.16. The van der Waals surface area contributed by atoms with Gasteiger partial charge in [-0.2, -0.15) is 0 Å². The van der Waals surface area contributed by atoms with Gasteiger partial charge in [0, 0.05) is 42.5 Å². The number of hydrogen-bond donors (Lipinski definition) is 3. The topological polar surface area (TPSA) is 151 Å². The van der Waals surface area contributed by atoms with Gasteiger partial charge in [-0.1, -0.05) is 19.3 Å². The smallest absolute Gasteiger partial charge is 0.326 e. The summed E-state index contributed by atoms with van der Waals surface area (Å²) in [6.07, 6.45) is 2.55. The zero-order valence-corrected chi connectivity index (χ0v) is 20.2. The minimum Gasteiger partial charge on any atom is -0.480 e. The Morgan fingerprint density at radius 3 is 2.30 bits per heavy atom. The normalized spacial score (nSPS) is 15.8. The number of carbonyl (C=O) groups excluding carboxylic acids is 4. The quantitative estimate of drug-likeness (QED) is 0.159. The van der Waals surface area contributed by atoms with Crippen molar-refractivity contribution in [1.82, 2.24) is 15.5 Å². The van der Waals surface area contributed by atoms with Crippen LogP contribution in [0.4, 0.5) is 4.79 Å². The molecule has 1 heterocycles. The van der Waals surface area contributed by atoms with E-state index < -0.39 is 24.3 Å². The van der Waals surface area contributed by atoms with Crippen molar-refractivity contribution >= 4 is 54.4 Å². The first-order valence-electron chi connectivity index (χ1n) is 10.9. The van der Waals surface area contributed by atoms with Crippen LogP contribution in [-0.4, -0.2) is 89.4 Å². The lowest BCUT2D eigenvalue weighted by Gasteiger charge is -2.24. The van der Waals surface area contributed by atoms with Crippen molar-refractivity contribution in [3.63, 3.8) is 0 Å². The predicted octanol–water partition coefficient (Wildman–Crippen LogP) is 1.41. The second kappa shape index (κ2) is 18.3. The number of ether oxygens (including phenoxy) is 2. The second-order valence-corrected chi connectivity index (χ2v) is 9.83. The summed E-state index contributed by atoms with van der Waals surface area (Å²) in [5, 5.41) is 15.1. The molecule has 11 nitrogen and oxygen atoms in total. The molecule has 13 heteroatoms. The molecule has 0 saturated carbocycles. The van der Waals surface area contributed by atoms with E-state index in [9.17, 15) is 29.1 Å². The molecule has 0 radical (unpaired) electrons. The molecule has 1 fully saturated rings. The van der Waals surface area contributed by atoms with Crippen LogP contribution in [0.3, 0.4) is 0 Å². The molecule has 2 atom stereocenters. The van der Waals surface area contributed by atoms with E-state index >= 15 is 0 Å². The summed E-state index contributed by atoms with van der Waals surface area (Å²) in [6.45, 7) is 1.87. The van der Waals surface area contributed by atoms with Gasteiger partial charge in [-0.15, -0.1) is 23.5 Å². The zero-order valence-electron chi connectivity index (χ0n) is 18.6. The molecule has 0 aromatic rings. The average Bonchev–Trinajstić information content (AvgIpc) is 2.75. The minimum atomic E-state index is -1.18. The van der Waals surface area contributed by atoms with Crippen LogP contribution in [0.2, 0.25) is 0 Å². The van der Waals surface area contributed by atoms with E-state index in [2.05, 4.69) is 20.1 Å². The Morgan fingerprint density at radius 2 is 1.67 bits per heavy atom. The fourth-order valence-electron chi connectivity index (χ4n) is 3.09. The van der Waals surface area contributed by atoms with Gasteiger partial charge < -0.3 is 30.1 Å². The number of carboxylic acids is 1. The lowest BCUT2D eigenvalue weighted by molar-refractivity contribution is -0.140. The van der Waals surface area contributed by atoms with Crippen molar-refractivity contribution in [3.05, 3.63) is 0 Å². The second-order valence-electron chi connectivity index (χ2n) is 7.25. The molecule has 0 aliphatic carbocycles. The Morgan fingerprint density at radius 1 is 0.970 bits per heavy atom. The highest BCUT2D eigenvalue weighted by molar-refractivity contribution is 8.16. The molecule has 1 rings (SSSR count). The molecule has 1 aliphatic heterocycles. The molecular weight excluding hydrogens is 474 g/mol. The maximum absolute atomic E-state index is 12.4. The molecule has 1 aliphatic rings. The van der Waals surface area contributed by atoms with Crippen LogP contribution in [0, 0.1) is 0 Å². The van der Waals surface area contributed by atoms with E-state index in [1.54, 1.807) is 0 Å². The van der Waals surface area contributed by atoms with Crippen molar-refractivity contribution < 1.29 is 38.6 Å². The van der Waals surface area contributed by atoms with Gasteiger partial charge in [0.15, 0.2) is 6.23 Å². The number of amides is 3. The highest BCUT2D eigenvalue weighted by Crippen LogP contribution is 2.17. The van der Waals surface area contributed by atoms with Crippen LogP contribution in [0.25, 0.3) is 0 Å². The maximum Gasteiger partial charge on any atom is 0.326 e. The highest BCUT2D eigenvalue weighted by Gasteiger charge is 2.22. The number of rotatable bonds is 16.